The van der Waals surface area contributed by atoms with Crippen LogP contribution in [0.5, 0.6) is 5.75 Å². The quantitative estimate of drug-likeness (QED) is 0.854. The lowest BCUT2D eigenvalue weighted by molar-refractivity contribution is 0.307. The summed E-state index contributed by atoms with van der Waals surface area (Å²) in [5.41, 5.74) is 8.69. The van der Waals surface area contributed by atoms with E-state index < -0.39 is 0 Å². The molecule has 0 unspecified atom stereocenters. The number of rotatable bonds is 2. The Morgan fingerprint density at radius 1 is 1.21 bits per heavy atom. The average Bonchev–Trinajstić information content (AvgIpc) is 2.41. The Balaban J connectivity index is 1.90. The van der Waals surface area contributed by atoms with E-state index in [1.807, 2.05) is 36.4 Å². The van der Waals surface area contributed by atoms with E-state index in [2.05, 4.69) is 11.0 Å². The summed E-state index contributed by atoms with van der Waals surface area (Å²) in [4.78, 5) is 2.26. The summed E-state index contributed by atoms with van der Waals surface area (Å²) in [7, 11) is 0. The van der Waals surface area contributed by atoms with Crippen LogP contribution in [-0.2, 0) is 6.54 Å². The molecule has 1 aliphatic heterocycles. The molecule has 0 saturated heterocycles. The molecule has 4 heteroatoms. The maximum atomic E-state index is 6.22. The first-order valence-electron chi connectivity index (χ1n) is 6.25. The third-order valence-corrected chi connectivity index (χ3v) is 3.63. The summed E-state index contributed by atoms with van der Waals surface area (Å²) in [5.74, 6) is 0.846. The van der Waals surface area contributed by atoms with E-state index >= 15 is 0 Å². The van der Waals surface area contributed by atoms with Crippen molar-refractivity contribution in [1.29, 1.82) is 0 Å². The molecule has 19 heavy (non-hydrogen) atoms. The normalized spacial score (nSPS) is 13.8. The molecule has 0 atom stereocenters. The smallest absolute Gasteiger partial charge is 0.144 e. The van der Waals surface area contributed by atoms with Gasteiger partial charge in [0.2, 0.25) is 0 Å². The first-order chi connectivity index (χ1) is 9.24. The van der Waals surface area contributed by atoms with Gasteiger partial charge in [-0.25, -0.2) is 0 Å². The van der Waals surface area contributed by atoms with Crippen LogP contribution in [0.2, 0.25) is 5.02 Å². The van der Waals surface area contributed by atoms with Crippen molar-refractivity contribution in [3.05, 3.63) is 53.1 Å². The van der Waals surface area contributed by atoms with Crippen molar-refractivity contribution >= 4 is 23.0 Å². The van der Waals surface area contributed by atoms with Crippen LogP contribution in [0.4, 0.5) is 11.4 Å². The Bertz CT molecular complexity index is 600. The third kappa shape index (κ3) is 2.47. The minimum atomic E-state index is 0.668. The van der Waals surface area contributed by atoms with E-state index in [0.29, 0.717) is 6.61 Å². The fourth-order valence-electron chi connectivity index (χ4n) is 2.29. The van der Waals surface area contributed by atoms with Crippen molar-refractivity contribution < 1.29 is 4.74 Å². The van der Waals surface area contributed by atoms with Gasteiger partial charge in [-0.2, -0.15) is 0 Å². The van der Waals surface area contributed by atoms with Crippen LogP contribution in [-0.4, -0.2) is 13.2 Å². The number of ether oxygens (including phenoxy) is 1. The number of halogens is 1. The van der Waals surface area contributed by atoms with Crippen LogP contribution in [0.25, 0.3) is 0 Å². The van der Waals surface area contributed by atoms with Crippen LogP contribution in [0.3, 0.4) is 0 Å². The van der Waals surface area contributed by atoms with E-state index in [-0.39, 0.29) is 0 Å². The van der Waals surface area contributed by atoms with Gasteiger partial charge in [-0.05, 0) is 23.8 Å². The number of nitrogens with zero attached hydrogens (tertiary/aromatic N) is 1. The highest BCUT2D eigenvalue weighted by atomic mass is 35.5. The molecule has 0 aromatic heterocycles. The topological polar surface area (TPSA) is 38.5 Å². The van der Waals surface area contributed by atoms with Gasteiger partial charge in [-0.3, -0.25) is 0 Å². The fourth-order valence-corrected chi connectivity index (χ4v) is 2.49. The van der Waals surface area contributed by atoms with Crippen molar-refractivity contribution in [2.75, 3.05) is 23.8 Å². The molecule has 0 radical (unpaired) electrons. The zero-order valence-electron chi connectivity index (χ0n) is 10.5. The van der Waals surface area contributed by atoms with Crippen LogP contribution in [0.15, 0.2) is 42.5 Å². The lowest BCUT2D eigenvalue weighted by Gasteiger charge is -2.31. The first kappa shape index (κ1) is 12.2. The van der Waals surface area contributed by atoms with E-state index in [4.69, 9.17) is 22.1 Å². The summed E-state index contributed by atoms with van der Waals surface area (Å²) in [6.07, 6.45) is 0. The van der Waals surface area contributed by atoms with Gasteiger partial charge in [0.25, 0.3) is 0 Å². The van der Waals surface area contributed by atoms with Crippen molar-refractivity contribution in [1.82, 2.24) is 0 Å². The molecule has 3 nitrogen and oxygen atoms in total. The molecule has 2 aromatic carbocycles. The molecule has 1 aliphatic rings. The summed E-state index contributed by atoms with van der Waals surface area (Å²) >= 11 is 6.22. The van der Waals surface area contributed by atoms with E-state index in [0.717, 1.165) is 40.8 Å². The summed E-state index contributed by atoms with van der Waals surface area (Å²) in [6.45, 7) is 2.29. The minimum absolute atomic E-state index is 0.668. The fraction of sp³-hybridized carbons (Fsp3) is 0.200. The van der Waals surface area contributed by atoms with Gasteiger partial charge in [0.05, 0.1) is 12.2 Å². The van der Waals surface area contributed by atoms with Gasteiger partial charge in [0.15, 0.2) is 0 Å². The highest BCUT2D eigenvalue weighted by molar-refractivity contribution is 6.31. The van der Waals surface area contributed by atoms with Crippen molar-refractivity contribution in [3.63, 3.8) is 0 Å². The lowest BCUT2D eigenvalue weighted by Crippen LogP contribution is -2.32. The Kier molecular flexibility index (Phi) is 3.22. The summed E-state index contributed by atoms with van der Waals surface area (Å²) < 4.78 is 5.65. The molecule has 0 fully saturated rings. The number of hydrogen-bond acceptors (Lipinski definition) is 3. The van der Waals surface area contributed by atoms with Crippen molar-refractivity contribution in [2.24, 2.45) is 0 Å². The Labute approximate surface area is 117 Å². The molecule has 0 bridgehead atoms. The van der Waals surface area contributed by atoms with Crippen LogP contribution in [0, 0.1) is 0 Å². The second kappa shape index (κ2) is 5.02. The molecule has 1 heterocycles. The predicted octanol–water partition coefficient (Wildman–Crippen LogP) is 3.32. The van der Waals surface area contributed by atoms with Crippen molar-refractivity contribution in [2.45, 2.75) is 6.54 Å². The first-order valence-corrected chi connectivity index (χ1v) is 6.62. The minimum Gasteiger partial charge on any atom is -0.489 e. The zero-order chi connectivity index (χ0) is 13.2. The van der Waals surface area contributed by atoms with Gasteiger partial charge >= 0.3 is 0 Å². The molecule has 98 valence electrons. The molecule has 0 amide bonds. The zero-order valence-corrected chi connectivity index (χ0v) is 11.2. The van der Waals surface area contributed by atoms with E-state index in [9.17, 15) is 0 Å². The lowest BCUT2D eigenvalue weighted by atomic mass is 10.1. The molecular weight excluding hydrogens is 260 g/mol. The predicted molar refractivity (Wildman–Crippen MR) is 78.9 cm³/mol. The second-order valence-corrected chi connectivity index (χ2v) is 5.00. The molecule has 2 aromatic rings. The van der Waals surface area contributed by atoms with Gasteiger partial charge < -0.3 is 15.4 Å². The van der Waals surface area contributed by atoms with Gasteiger partial charge in [-0.1, -0.05) is 29.8 Å². The Morgan fingerprint density at radius 3 is 2.89 bits per heavy atom. The SMILES string of the molecule is Nc1ccc2c(c1)OCCN2Cc1ccccc1Cl. The maximum absolute atomic E-state index is 6.22. The Morgan fingerprint density at radius 2 is 2.05 bits per heavy atom. The van der Waals surface area contributed by atoms with Crippen LogP contribution < -0.4 is 15.4 Å². The van der Waals surface area contributed by atoms with Crippen molar-refractivity contribution in [3.8, 4) is 5.75 Å². The maximum Gasteiger partial charge on any atom is 0.144 e. The standard InChI is InChI=1S/C15H15ClN2O/c16-13-4-2-1-3-11(13)10-18-7-8-19-15-9-12(17)5-6-14(15)18/h1-6,9H,7-8,10,17H2. The van der Waals surface area contributed by atoms with Gasteiger partial charge in [-0.15, -0.1) is 0 Å². The highest BCUT2D eigenvalue weighted by Gasteiger charge is 2.18. The molecule has 3 rings (SSSR count). The van der Waals surface area contributed by atoms with Crippen LogP contribution >= 0.6 is 11.6 Å². The number of anilines is 2. The molecule has 0 aliphatic carbocycles. The number of benzene rings is 2. The van der Waals surface area contributed by atoms with E-state index in [1.54, 1.807) is 0 Å². The third-order valence-electron chi connectivity index (χ3n) is 3.26. The summed E-state index contributed by atoms with van der Waals surface area (Å²) in [5, 5.41) is 0.797. The van der Waals surface area contributed by atoms with Gasteiger partial charge in [0.1, 0.15) is 12.4 Å². The molecule has 0 spiro atoms. The number of fused-ring (bicyclic) bond motifs is 1. The number of nitrogens with two attached hydrogens (primary N) is 1. The van der Waals surface area contributed by atoms with Gasteiger partial charge in [0, 0.05) is 23.3 Å². The number of hydrogen-bond donors (Lipinski definition) is 1. The van der Waals surface area contributed by atoms with E-state index in [1.165, 1.54) is 0 Å². The highest BCUT2D eigenvalue weighted by Crippen LogP contribution is 2.34. The monoisotopic (exact) mass is 274 g/mol. The number of nitrogen functional groups attached to an aromatic ring is 1. The molecular formula is C15H15ClN2O. The Hall–Kier alpha value is -1.87. The average molecular weight is 275 g/mol. The molecule has 0 saturated carbocycles. The second-order valence-electron chi connectivity index (χ2n) is 4.59. The largest absolute Gasteiger partial charge is 0.489 e. The van der Waals surface area contributed by atoms with Crippen LogP contribution in [0.1, 0.15) is 5.56 Å². The summed E-state index contributed by atoms with van der Waals surface area (Å²) in [6, 6.07) is 13.7. The molecule has 2 N–H and O–H groups in total.